The van der Waals surface area contributed by atoms with Gasteiger partial charge in [0.2, 0.25) is 0 Å². The van der Waals surface area contributed by atoms with Gasteiger partial charge >= 0.3 is 94.3 Å². The van der Waals surface area contributed by atoms with Crippen LogP contribution in [0.3, 0.4) is 0 Å². The molecule has 0 unspecified atom stereocenters. The smallest absolute Gasteiger partial charge is 0 e. The fourth-order valence-corrected chi connectivity index (χ4v) is 2.78. The second kappa shape index (κ2) is 8.69. The number of hydrogen-bond acceptors (Lipinski definition) is 1. The maximum Gasteiger partial charge on any atom is 0 e. The average molecular weight is 522 g/mol. The number of hydrogen-bond donors (Lipinski definition) is 0. The van der Waals surface area contributed by atoms with Crippen molar-refractivity contribution in [2.75, 3.05) is 0 Å². The molecule has 84 valence electrons. The Morgan fingerprint density at radius 2 is 1.69 bits per heavy atom. The first-order valence-corrected chi connectivity index (χ1v) is 12.7. The Morgan fingerprint density at radius 3 is 2.25 bits per heavy atom. The van der Waals surface area contributed by atoms with Crippen LogP contribution in [0.1, 0.15) is 0 Å². The average Bonchev–Trinajstić information content (AvgIpc) is 2.36. The van der Waals surface area contributed by atoms with Crippen molar-refractivity contribution in [1.29, 1.82) is 0 Å². The summed E-state index contributed by atoms with van der Waals surface area (Å²) < 4.78 is 2.43. The quantitative estimate of drug-likeness (QED) is 0.437. The largest absolute Gasteiger partial charge is 0 e. The number of nitrogens with zero attached hydrogens (tertiary/aromatic N) is 1. The van der Waals surface area contributed by atoms with E-state index in [0.717, 1.165) is 9.61 Å². The molecule has 1 nitrogen and oxygen atoms in total. The van der Waals surface area contributed by atoms with Crippen molar-refractivity contribution in [2.24, 2.45) is 0 Å². The van der Waals surface area contributed by atoms with Crippen molar-refractivity contribution in [3.63, 3.8) is 0 Å². The van der Waals surface area contributed by atoms with E-state index in [1.165, 1.54) is 4.46 Å². The van der Waals surface area contributed by atoms with Gasteiger partial charge in [-0.05, 0) is 0 Å². The van der Waals surface area contributed by atoms with E-state index in [4.69, 9.17) is 11.6 Å². The summed E-state index contributed by atoms with van der Waals surface area (Å²) in [6.07, 6.45) is 1.83. The van der Waals surface area contributed by atoms with Gasteiger partial charge in [-0.2, -0.15) is 0 Å². The van der Waals surface area contributed by atoms with Gasteiger partial charge in [0.15, 0.2) is 0 Å². The maximum atomic E-state index is 5.81. The Hall–Kier alpha value is 0.639. The molecule has 16 heavy (non-hydrogen) atoms. The van der Waals surface area contributed by atoms with Crippen molar-refractivity contribution in [3.05, 3.63) is 53.7 Å². The van der Waals surface area contributed by atoms with Gasteiger partial charge in [-0.1, -0.05) is 0 Å². The molecule has 2 aromatic rings. The first kappa shape index (κ1) is 14.7. The molecule has 0 bridgehead atoms. The molecule has 2 rings (SSSR count). The first-order chi connectivity index (χ1) is 7.84. The minimum absolute atomic E-state index is 0.284. The van der Waals surface area contributed by atoms with E-state index < -0.39 is 0 Å². The summed E-state index contributed by atoms with van der Waals surface area (Å²) in [5.74, 6) is 0. The van der Waals surface area contributed by atoms with Crippen LogP contribution in [0.5, 0.6) is 0 Å². The summed E-state index contributed by atoms with van der Waals surface area (Å²) in [6, 6.07) is 13.9. The Morgan fingerprint density at radius 1 is 1.00 bits per heavy atom. The molecule has 1 aromatic carbocycles. The van der Waals surface area contributed by atoms with Crippen LogP contribution in [0.4, 0.5) is 0 Å². The molecule has 5 heteroatoms. The van der Waals surface area contributed by atoms with E-state index in [-0.39, 0.29) is 15.0 Å². The zero-order valence-corrected chi connectivity index (χ0v) is 14.9. The van der Waals surface area contributed by atoms with Gasteiger partial charge in [-0.15, -0.1) is 0 Å². The fourth-order valence-electron chi connectivity index (χ4n) is 1.03. The molecule has 1 heterocycles. The van der Waals surface area contributed by atoms with Gasteiger partial charge in [0, 0.05) is 37.2 Å². The van der Waals surface area contributed by atoms with Crippen molar-refractivity contribution in [2.45, 2.75) is 0 Å². The van der Waals surface area contributed by atoms with Crippen molar-refractivity contribution in [1.82, 2.24) is 4.98 Å². The molecule has 1 aromatic heterocycles. The van der Waals surface area contributed by atoms with E-state index in [2.05, 4.69) is 60.4 Å². The molecular formula is C11H8ClI2NSe. The monoisotopic (exact) mass is 523 g/mol. The van der Waals surface area contributed by atoms with E-state index >= 15 is 0 Å². The normalized spacial score (nSPS) is 9.19. The van der Waals surface area contributed by atoms with Crippen LogP contribution in [0.15, 0.2) is 48.7 Å². The molecule has 0 aliphatic rings. The minimum atomic E-state index is 0.284. The number of pyridine rings is 1. The van der Waals surface area contributed by atoms with E-state index in [9.17, 15) is 0 Å². The minimum Gasteiger partial charge on any atom is 0 e. The van der Waals surface area contributed by atoms with Gasteiger partial charge < -0.3 is 0 Å². The topological polar surface area (TPSA) is 12.9 Å². The first-order valence-electron chi connectivity index (χ1n) is 4.33. The molecule has 0 atom stereocenters. The third-order valence-corrected chi connectivity index (χ3v) is 3.94. The third kappa shape index (κ3) is 5.31. The Kier molecular flexibility index (Phi) is 7.98. The molecule has 0 amide bonds. The molecule has 0 saturated heterocycles. The Balaban J connectivity index is 0.000000606. The second-order valence-corrected chi connectivity index (χ2v) is 5.46. The van der Waals surface area contributed by atoms with Gasteiger partial charge in [-0.3, -0.25) is 0 Å². The van der Waals surface area contributed by atoms with E-state index in [1.54, 1.807) is 0 Å². The summed E-state index contributed by atoms with van der Waals surface area (Å²) in [6.45, 7) is 0. The van der Waals surface area contributed by atoms with Crippen molar-refractivity contribution in [3.8, 4) is 0 Å². The fraction of sp³-hybridized carbons (Fsp3) is 0. The molecule has 0 fully saturated rings. The summed E-state index contributed by atoms with van der Waals surface area (Å²) in [7, 11) is 0. The number of aromatic nitrogens is 1. The SMILES string of the molecule is Clc1ccc([Se]c2ccccn2)cc1.II. The number of benzene rings is 1. The molecule has 0 aliphatic carbocycles. The van der Waals surface area contributed by atoms with Crippen LogP contribution in [0.2, 0.25) is 5.02 Å². The summed E-state index contributed by atoms with van der Waals surface area (Å²) in [5, 5.41) is 0.783. The van der Waals surface area contributed by atoms with Crippen LogP contribution >= 0.6 is 48.8 Å². The van der Waals surface area contributed by atoms with Gasteiger partial charge in [-0.25, -0.2) is 0 Å². The van der Waals surface area contributed by atoms with E-state index in [1.807, 2.05) is 30.5 Å². The van der Waals surface area contributed by atoms with E-state index in [0.29, 0.717) is 0 Å². The van der Waals surface area contributed by atoms with Gasteiger partial charge in [0.25, 0.3) is 0 Å². The Bertz CT molecular complexity index is 408. The van der Waals surface area contributed by atoms with Crippen molar-refractivity contribution < 1.29 is 0 Å². The van der Waals surface area contributed by atoms with Crippen LogP contribution in [0, 0.1) is 0 Å². The summed E-state index contributed by atoms with van der Waals surface area (Å²) >= 11 is 10.3. The third-order valence-electron chi connectivity index (χ3n) is 1.67. The molecule has 0 N–H and O–H groups in total. The van der Waals surface area contributed by atoms with Crippen LogP contribution in [-0.4, -0.2) is 19.9 Å². The van der Waals surface area contributed by atoms with Gasteiger partial charge in [0.1, 0.15) is 0 Å². The standard InChI is InChI=1S/C11H8ClNSe.I2/c12-9-4-6-10(7-5-9)14-11-3-1-2-8-13-11;1-2/h1-8H;. The second-order valence-electron chi connectivity index (χ2n) is 2.72. The number of rotatable bonds is 2. The van der Waals surface area contributed by atoms with Crippen LogP contribution < -0.4 is 9.05 Å². The number of halogens is 3. The zero-order valence-electron chi connectivity index (χ0n) is 8.11. The van der Waals surface area contributed by atoms with Crippen molar-refractivity contribution >= 4 is 72.8 Å². The van der Waals surface area contributed by atoms with Crippen LogP contribution in [0.25, 0.3) is 0 Å². The summed E-state index contributed by atoms with van der Waals surface area (Å²) in [5.41, 5.74) is 0. The Labute approximate surface area is 130 Å². The molecule has 0 saturated carbocycles. The zero-order chi connectivity index (χ0) is 11.8. The predicted molar refractivity (Wildman–Crippen MR) is 88.8 cm³/mol. The molecular weight excluding hydrogens is 514 g/mol. The van der Waals surface area contributed by atoms with Crippen LogP contribution in [-0.2, 0) is 0 Å². The maximum absolute atomic E-state index is 5.81. The molecule has 0 aliphatic heterocycles. The molecule has 0 spiro atoms. The predicted octanol–water partition coefficient (Wildman–Crippen LogP) is 3.16. The van der Waals surface area contributed by atoms with Gasteiger partial charge in [0.05, 0.1) is 0 Å². The molecule has 0 radical (unpaired) electrons. The summed E-state index contributed by atoms with van der Waals surface area (Å²) in [4.78, 5) is 4.29.